The zero-order valence-electron chi connectivity index (χ0n) is 17.1. The van der Waals surface area contributed by atoms with Gasteiger partial charge in [0.2, 0.25) is 0 Å². The van der Waals surface area contributed by atoms with E-state index in [1.165, 1.54) is 55.6 Å². The van der Waals surface area contributed by atoms with E-state index in [0.29, 0.717) is 11.6 Å². The molecule has 0 bridgehead atoms. The van der Waals surface area contributed by atoms with Crippen molar-refractivity contribution >= 4 is 28.1 Å². The van der Waals surface area contributed by atoms with Crippen LogP contribution < -0.4 is 4.90 Å². The van der Waals surface area contributed by atoms with Crippen LogP contribution in [0.1, 0.15) is 41.6 Å². The molecule has 0 aliphatic carbocycles. The molecule has 3 heterocycles. The number of rotatable bonds is 3. The Bertz CT molecular complexity index is 1120. The topological polar surface area (TPSA) is 36.7 Å². The highest BCUT2D eigenvalue weighted by molar-refractivity contribution is 6.07. The van der Waals surface area contributed by atoms with Gasteiger partial charge in [0, 0.05) is 41.8 Å². The molecule has 4 nitrogen and oxygen atoms in total. The van der Waals surface area contributed by atoms with Gasteiger partial charge in [-0.1, -0.05) is 12.5 Å². The summed E-state index contributed by atoms with van der Waals surface area (Å²) in [5, 5.41) is 1.03. The second-order valence-corrected chi connectivity index (χ2v) is 8.28. The zero-order valence-corrected chi connectivity index (χ0v) is 17.1. The van der Waals surface area contributed by atoms with Gasteiger partial charge < -0.3 is 9.32 Å². The SMILES string of the molecule is CN(C(=O)c1ccc(F)cc1)c1ccc2occ(C3=CCN4CCCCC4C3)c2c1. The fourth-order valence-electron chi connectivity index (χ4n) is 4.69. The molecule has 1 fully saturated rings. The Morgan fingerprint density at radius 2 is 2.00 bits per heavy atom. The third kappa shape index (κ3) is 3.43. The van der Waals surface area contributed by atoms with Gasteiger partial charge in [-0.2, -0.15) is 0 Å². The number of halogens is 1. The molecule has 0 radical (unpaired) electrons. The van der Waals surface area contributed by atoms with E-state index in [2.05, 4.69) is 11.0 Å². The van der Waals surface area contributed by atoms with Crippen LogP contribution in [0.25, 0.3) is 16.5 Å². The molecule has 1 atom stereocenters. The molecule has 3 aromatic rings. The molecule has 2 aromatic carbocycles. The zero-order chi connectivity index (χ0) is 20.7. The van der Waals surface area contributed by atoms with Gasteiger partial charge in [0.15, 0.2) is 0 Å². The Labute approximate surface area is 175 Å². The largest absolute Gasteiger partial charge is 0.464 e. The summed E-state index contributed by atoms with van der Waals surface area (Å²) in [4.78, 5) is 17.0. The average molecular weight is 404 g/mol. The molecule has 5 rings (SSSR count). The number of furan rings is 1. The molecule has 1 unspecified atom stereocenters. The van der Waals surface area contributed by atoms with Gasteiger partial charge in [0.1, 0.15) is 11.4 Å². The van der Waals surface area contributed by atoms with Crippen molar-refractivity contribution in [1.82, 2.24) is 4.90 Å². The molecule has 154 valence electrons. The maximum Gasteiger partial charge on any atom is 0.258 e. The number of hydrogen-bond donors (Lipinski definition) is 0. The van der Waals surface area contributed by atoms with E-state index >= 15 is 0 Å². The highest BCUT2D eigenvalue weighted by atomic mass is 19.1. The second kappa shape index (κ2) is 7.73. The van der Waals surface area contributed by atoms with Crippen LogP contribution in [0.4, 0.5) is 10.1 Å². The maximum atomic E-state index is 13.2. The van der Waals surface area contributed by atoms with Crippen molar-refractivity contribution in [2.24, 2.45) is 0 Å². The fraction of sp³-hybridized carbons (Fsp3) is 0.320. The minimum atomic E-state index is -0.351. The van der Waals surface area contributed by atoms with E-state index in [9.17, 15) is 9.18 Å². The van der Waals surface area contributed by atoms with Crippen molar-refractivity contribution in [3.63, 3.8) is 0 Å². The lowest BCUT2D eigenvalue weighted by Crippen LogP contribution is -2.41. The predicted molar refractivity (Wildman–Crippen MR) is 117 cm³/mol. The highest BCUT2D eigenvalue weighted by Crippen LogP contribution is 2.37. The first kappa shape index (κ1) is 19.1. The number of fused-ring (bicyclic) bond motifs is 2. The van der Waals surface area contributed by atoms with Crippen LogP contribution in [-0.4, -0.2) is 37.0 Å². The third-order valence-corrected chi connectivity index (χ3v) is 6.46. The van der Waals surface area contributed by atoms with Gasteiger partial charge in [0.25, 0.3) is 5.91 Å². The van der Waals surface area contributed by atoms with E-state index in [1.807, 2.05) is 24.5 Å². The van der Waals surface area contributed by atoms with Crippen molar-refractivity contribution in [2.45, 2.75) is 31.7 Å². The van der Waals surface area contributed by atoms with Gasteiger partial charge in [0.05, 0.1) is 6.26 Å². The number of anilines is 1. The van der Waals surface area contributed by atoms with Gasteiger partial charge in [-0.15, -0.1) is 0 Å². The molecular weight excluding hydrogens is 379 g/mol. The van der Waals surface area contributed by atoms with Crippen LogP contribution in [0.2, 0.25) is 0 Å². The van der Waals surface area contributed by atoms with Crippen molar-refractivity contribution < 1.29 is 13.6 Å². The van der Waals surface area contributed by atoms with Crippen molar-refractivity contribution in [3.05, 3.63) is 71.7 Å². The number of carbonyl (C=O) groups excluding carboxylic acids is 1. The van der Waals surface area contributed by atoms with Gasteiger partial charge in [-0.3, -0.25) is 9.69 Å². The van der Waals surface area contributed by atoms with Crippen LogP contribution in [0.15, 0.2) is 59.2 Å². The summed E-state index contributed by atoms with van der Waals surface area (Å²) in [6.07, 6.45) is 9.08. The van der Waals surface area contributed by atoms with Gasteiger partial charge in [-0.25, -0.2) is 4.39 Å². The number of hydrogen-bond acceptors (Lipinski definition) is 3. The van der Waals surface area contributed by atoms with Crippen molar-refractivity contribution in [2.75, 3.05) is 25.0 Å². The van der Waals surface area contributed by atoms with Gasteiger partial charge >= 0.3 is 0 Å². The Kier molecular flexibility index (Phi) is 4.91. The molecule has 1 amide bonds. The quantitative estimate of drug-likeness (QED) is 0.579. The maximum absolute atomic E-state index is 13.2. The molecule has 1 saturated heterocycles. The first-order valence-corrected chi connectivity index (χ1v) is 10.6. The summed E-state index contributed by atoms with van der Waals surface area (Å²) in [6, 6.07) is 12.1. The smallest absolute Gasteiger partial charge is 0.258 e. The van der Waals surface area contributed by atoms with Crippen molar-refractivity contribution in [3.8, 4) is 0 Å². The van der Waals surface area contributed by atoms with Gasteiger partial charge in [-0.05, 0) is 73.8 Å². The average Bonchev–Trinajstić information content (AvgIpc) is 3.21. The highest BCUT2D eigenvalue weighted by Gasteiger charge is 2.27. The van der Waals surface area contributed by atoms with Crippen LogP contribution >= 0.6 is 0 Å². The Morgan fingerprint density at radius 3 is 2.83 bits per heavy atom. The Hall–Kier alpha value is -2.92. The molecule has 2 aliphatic rings. The molecule has 0 spiro atoms. The number of carbonyl (C=O) groups is 1. The molecule has 1 aromatic heterocycles. The molecule has 2 aliphatic heterocycles. The summed E-state index contributed by atoms with van der Waals surface area (Å²) in [5.74, 6) is -0.523. The number of amides is 1. The van der Waals surface area contributed by atoms with E-state index in [0.717, 1.165) is 35.2 Å². The van der Waals surface area contributed by atoms with E-state index in [1.54, 1.807) is 11.9 Å². The summed E-state index contributed by atoms with van der Waals surface area (Å²) in [6.45, 7) is 2.19. The first-order chi connectivity index (χ1) is 14.6. The summed E-state index contributed by atoms with van der Waals surface area (Å²) >= 11 is 0. The van der Waals surface area contributed by atoms with Crippen LogP contribution in [0.5, 0.6) is 0 Å². The van der Waals surface area contributed by atoms with E-state index in [4.69, 9.17) is 4.42 Å². The lowest BCUT2D eigenvalue weighted by atomic mass is 9.89. The number of piperidine rings is 1. The number of nitrogens with zero attached hydrogens (tertiary/aromatic N) is 2. The normalized spacial score (nSPS) is 19.4. The van der Waals surface area contributed by atoms with Crippen LogP contribution in [0, 0.1) is 5.82 Å². The summed E-state index contributed by atoms with van der Waals surface area (Å²) < 4.78 is 19.0. The third-order valence-electron chi connectivity index (χ3n) is 6.46. The standard InChI is InChI=1S/C25H25FN2O2/c1-27(25(29)17-5-7-19(26)8-6-17)20-9-10-24-22(15-20)23(16-30-24)18-11-13-28-12-3-2-4-21(28)14-18/h5-11,15-16,21H,2-4,12-14H2,1H3. The molecule has 5 heteroatoms. The number of benzene rings is 2. The van der Waals surface area contributed by atoms with E-state index < -0.39 is 0 Å². The monoisotopic (exact) mass is 404 g/mol. The molecule has 0 saturated carbocycles. The molecular formula is C25H25FN2O2. The van der Waals surface area contributed by atoms with Crippen LogP contribution in [-0.2, 0) is 0 Å². The minimum absolute atomic E-state index is 0.172. The van der Waals surface area contributed by atoms with E-state index in [-0.39, 0.29) is 11.7 Å². The van der Waals surface area contributed by atoms with Crippen LogP contribution in [0.3, 0.4) is 0 Å². The lowest BCUT2D eigenvalue weighted by Gasteiger charge is -2.38. The minimum Gasteiger partial charge on any atom is -0.464 e. The summed E-state index contributed by atoms with van der Waals surface area (Å²) in [7, 11) is 1.74. The Morgan fingerprint density at radius 1 is 1.17 bits per heavy atom. The summed E-state index contributed by atoms with van der Waals surface area (Å²) in [5.41, 5.74) is 4.53. The Balaban J connectivity index is 1.45. The first-order valence-electron chi connectivity index (χ1n) is 10.6. The predicted octanol–water partition coefficient (Wildman–Crippen LogP) is 5.49. The lowest BCUT2D eigenvalue weighted by molar-refractivity contribution is 0.0993. The second-order valence-electron chi connectivity index (χ2n) is 8.28. The molecule has 30 heavy (non-hydrogen) atoms. The fourth-order valence-corrected chi connectivity index (χ4v) is 4.69. The van der Waals surface area contributed by atoms with Crippen molar-refractivity contribution in [1.29, 1.82) is 0 Å². The molecule has 0 N–H and O–H groups in total.